The monoisotopic (exact) mass is 185 g/mol. The van der Waals surface area contributed by atoms with E-state index in [2.05, 4.69) is 0 Å². The minimum absolute atomic E-state index is 0.205. The molecule has 4 heteroatoms. The summed E-state index contributed by atoms with van der Waals surface area (Å²) in [6.45, 7) is 3.89. The van der Waals surface area contributed by atoms with Crippen LogP contribution in [0.4, 0.5) is 0 Å². The Morgan fingerprint density at radius 1 is 1.62 bits per heavy atom. The molecule has 0 radical (unpaired) electrons. The Bertz CT molecular complexity index is 247. The number of nitrogens with zero attached hydrogens (tertiary/aromatic N) is 1. The normalized spacial score (nSPS) is 27.5. The Morgan fingerprint density at radius 2 is 2.15 bits per heavy atom. The lowest BCUT2D eigenvalue weighted by Crippen LogP contribution is -2.53. The molecule has 0 aliphatic carbocycles. The molecule has 1 heterocycles. The van der Waals surface area contributed by atoms with Crippen LogP contribution >= 0.6 is 0 Å². The molecule has 1 rings (SSSR count). The zero-order chi connectivity index (χ0) is 10.2. The first-order chi connectivity index (χ1) is 5.86. The van der Waals surface area contributed by atoms with Gasteiger partial charge in [-0.05, 0) is 26.7 Å². The molecular formula is C9H15NO3. The smallest absolute Gasteiger partial charge is 0.316 e. The van der Waals surface area contributed by atoms with Gasteiger partial charge in [0.25, 0.3) is 0 Å². The van der Waals surface area contributed by atoms with E-state index in [1.54, 1.807) is 7.05 Å². The summed E-state index contributed by atoms with van der Waals surface area (Å²) in [4.78, 5) is 23.7. The van der Waals surface area contributed by atoms with Crippen LogP contribution in [-0.4, -0.2) is 34.5 Å². The predicted molar refractivity (Wildman–Crippen MR) is 47.2 cm³/mol. The highest BCUT2D eigenvalue weighted by atomic mass is 16.4. The number of carboxylic acid groups (broad SMARTS) is 1. The summed E-state index contributed by atoms with van der Waals surface area (Å²) in [5, 5.41) is 8.75. The molecule has 1 amide bonds. The first-order valence-corrected chi connectivity index (χ1v) is 4.37. The van der Waals surface area contributed by atoms with Crippen molar-refractivity contribution in [2.24, 2.45) is 5.92 Å². The van der Waals surface area contributed by atoms with Gasteiger partial charge in [-0.25, -0.2) is 0 Å². The average Bonchev–Trinajstić information content (AvgIpc) is 2.00. The first-order valence-electron chi connectivity index (χ1n) is 4.37. The van der Waals surface area contributed by atoms with Crippen molar-refractivity contribution in [2.75, 3.05) is 7.05 Å². The lowest BCUT2D eigenvalue weighted by atomic mass is 9.85. The van der Waals surface area contributed by atoms with Gasteiger partial charge in [0.05, 0.1) is 0 Å². The summed E-state index contributed by atoms with van der Waals surface area (Å²) in [7, 11) is 1.66. The number of amides is 1. The third-order valence-corrected chi connectivity index (χ3v) is 2.88. The van der Waals surface area contributed by atoms with Gasteiger partial charge in [0.15, 0.2) is 0 Å². The fourth-order valence-electron chi connectivity index (χ4n) is 1.55. The van der Waals surface area contributed by atoms with Gasteiger partial charge in [-0.3, -0.25) is 9.59 Å². The molecule has 1 atom stereocenters. The van der Waals surface area contributed by atoms with Crippen molar-refractivity contribution in [3.05, 3.63) is 0 Å². The molecule has 0 unspecified atom stereocenters. The maximum Gasteiger partial charge on any atom is 0.316 e. The summed E-state index contributed by atoms with van der Waals surface area (Å²) in [6.07, 6.45) is 1.19. The molecule has 74 valence electrons. The molecular weight excluding hydrogens is 170 g/mol. The molecule has 0 bridgehead atoms. The highest BCUT2D eigenvalue weighted by molar-refractivity contribution is 5.97. The Balaban J connectivity index is 2.83. The Kier molecular flexibility index (Phi) is 2.32. The van der Waals surface area contributed by atoms with Crippen LogP contribution in [0.2, 0.25) is 0 Å². The van der Waals surface area contributed by atoms with E-state index in [9.17, 15) is 9.59 Å². The molecule has 0 aromatic carbocycles. The van der Waals surface area contributed by atoms with Crippen LogP contribution in [0.5, 0.6) is 0 Å². The molecule has 0 spiro atoms. The molecule has 13 heavy (non-hydrogen) atoms. The van der Waals surface area contributed by atoms with E-state index in [0.717, 1.165) is 6.42 Å². The van der Waals surface area contributed by atoms with Gasteiger partial charge < -0.3 is 10.0 Å². The van der Waals surface area contributed by atoms with Crippen LogP contribution in [0.3, 0.4) is 0 Å². The summed E-state index contributed by atoms with van der Waals surface area (Å²) >= 11 is 0. The van der Waals surface area contributed by atoms with Crippen LogP contribution in [0.15, 0.2) is 0 Å². The summed E-state index contributed by atoms with van der Waals surface area (Å²) < 4.78 is 0. The summed E-state index contributed by atoms with van der Waals surface area (Å²) in [5.41, 5.74) is -0.205. The van der Waals surface area contributed by atoms with Crippen molar-refractivity contribution in [3.63, 3.8) is 0 Å². The quantitative estimate of drug-likeness (QED) is 0.612. The van der Waals surface area contributed by atoms with Crippen LogP contribution in [0.1, 0.15) is 26.7 Å². The van der Waals surface area contributed by atoms with Gasteiger partial charge in [0, 0.05) is 12.6 Å². The van der Waals surface area contributed by atoms with E-state index >= 15 is 0 Å². The highest BCUT2D eigenvalue weighted by Crippen LogP contribution is 2.29. The zero-order valence-corrected chi connectivity index (χ0v) is 8.20. The molecule has 4 nitrogen and oxygen atoms in total. The minimum Gasteiger partial charge on any atom is -0.481 e. The average molecular weight is 185 g/mol. The van der Waals surface area contributed by atoms with Crippen LogP contribution in [0.25, 0.3) is 0 Å². The van der Waals surface area contributed by atoms with E-state index < -0.39 is 11.9 Å². The van der Waals surface area contributed by atoms with Gasteiger partial charge in [-0.1, -0.05) is 0 Å². The third-order valence-electron chi connectivity index (χ3n) is 2.88. The van der Waals surface area contributed by atoms with Gasteiger partial charge in [-0.15, -0.1) is 0 Å². The maximum absolute atomic E-state index is 11.5. The standard InChI is InChI=1S/C9H15NO3/c1-9(2)5-4-6(8(12)13)7(11)10(9)3/h6H,4-5H2,1-3H3,(H,12,13)/t6-/m0/s1. The molecule has 1 saturated heterocycles. The number of carbonyl (C=O) groups excluding carboxylic acids is 1. The number of carbonyl (C=O) groups is 2. The van der Waals surface area contributed by atoms with E-state index in [1.807, 2.05) is 13.8 Å². The van der Waals surface area contributed by atoms with Gasteiger partial charge in [0.1, 0.15) is 5.92 Å². The Labute approximate surface area is 77.5 Å². The van der Waals surface area contributed by atoms with E-state index in [1.165, 1.54) is 4.90 Å². The van der Waals surface area contributed by atoms with Crippen molar-refractivity contribution in [3.8, 4) is 0 Å². The molecule has 0 aromatic heterocycles. The first kappa shape index (κ1) is 10.0. The summed E-state index contributed by atoms with van der Waals surface area (Å²) in [6, 6.07) is 0. The van der Waals surface area contributed by atoms with E-state index in [0.29, 0.717) is 6.42 Å². The number of piperidine rings is 1. The Morgan fingerprint density at radius 3 is 2.62 bits per heavy atom. The Hall–Kier alpha value is -1.06. The van der Waals surface area contributed by atoms with Crippen molar-refractivity contribution in [1.29, 1.82) is 0 Å². The number of rotatable bonds is 1. The second kappa shape index (κ2) is 3.01. The van der Waals surface area contributed by atoms with Crippen molar-refractivity contribution < 1.29 is 14.7 Å². The molecule has 1 N–H and O–H groups in total. The predicted octanol–water partition coefficient (Wildman–Crippen LogP) is 0.718. The molecule has 1 aliphatic rings. The maximum atomic E-state index is 11.5. The SMILES string of the molecule is CN1C(=O)[C@@H](C(=O)O)CCC1(C)C. The van der Waals surface area contributed by atoms with Gasteiger partial charge >= 0.3 is 5.97 Å². The number of hydrogen-bond acceptors (Lipinski definition) is 2. The van der Waals surface area contributed by atoms with Crippen LogP contribution in [0, 0.1) is 5.92 Å². The lowest BCUT2D eigenvalue weighted by molar-refractivity contribution is -0.157. The number of carboxylic acids is 1. The zero-order valence-electron chi connectivity index (χ0n) is 8.20. The van der Waals surface area contributed by atoms with E-state index in [4.69, 9.17) is 5.11 Å². The van der Waals surface area contributed by atoms with Gasteiger partial charge in [-0.2, -0.15) is 0 Å². The van der Waals surface area contributed by atoms with Crippen LogP contribution < -0.4 is 0 Å². The highest BCUT2D eigenvalue weighted by Gasteiger charge is 2.41. The van der Waals surface area contributed by atoms with Crippen molar-refractivity contribution >= 4 is 11.9 Å². The fraction of sp³-hybridized carbons (Fsp3) is 0.778. The second-order valence-corrected chi connectivity index (χ2v) is 4.14. The number of hydrogen-bond donors (Lipinski definition) is 1. The lowest BCUT2D eigenvalue weighted by Gasteiger charge is -2.41. The van der Waals surface area contributed by atoms with Crippen molar-refractivity contribution in [1.82, 2.24) is 4.90 Å². The topological polar surface area (TPSA) is 57.6 Å². The minimum atomic E-state index is -1.01. The molecule has 0 aromatic rings. The molecule has 0 saturated carbocycles. The molecule has 1 aliphatic heterocycles. The van der Waals surface area contributed by atoms with Crippen LogP contribution in [-0.2, 0) is 9.59 Å². The van der Waals surface area contributed by atoms with E-state index in [-0.39, 0.29) is 11.4 Å². The number of aliphatic carboxylic acids is 1. The number of likely N-dealkylation sites (tertiary alicyclic amines) is 1. The largest absolute Gasteiger partial charge is 0.481 e. The second-order valence-electron chi connectivity index (χ2n) is 4.14. The molecule has 1 fully saturated rings. The van der Waals surface area contributed by atoms with Gasteiger partial charge in [0.2, 0.25) is 5.91 Å². The van der Waals surface area contributed by atoms with Crippen molar-refractivity contribution in [2.45, 2.75) is 32.2 Å². The third kappa shape index (κ3) is 1.66. The summed E-state index contributed by atoms with van der Waals surface area (Å²) in [5.74, 6) is -2.12. The fourth-order valence-corrected chi connectivity index (χ4v) is 1.55.